The highest BCUT2D eigenvalue weighted by Gasteiger charge is 2.23. The number of hydrogen-bond acceptors (Lipinski definition) is 13. The summed E-state index contributed by atoms with van der Waals surface area (Å²) in [6.45, 7) is -2.11. The molecule has 0 aliphatic carbocycles. The third-order valence-electron chi connectivity index (χ3n) is 11.8. The number of rotatable bonds is 19. The fourth-order valence-corrected chi connectivity index (χ4v) is 9.77. The number of benzene rings is 3. The van der Waals surface area contributed by atoms with Crippen molar-refractivity contribution >= 4 is 109 Å². The van der Waals surface area contributed by atoms with Gasteiger partial charge in [-0.2, -0.15) is 33.7 Å². The summed E-state index contributed by atoms with van der Waals surface area (Å²) < 4.78 is 144. The SMILES string of the molecule is O=C(NCCS(=O)(=O)O)c1cc(C(=O)NCCS(=O)(=O)O)cc(-c2c3nc(c(-c4ccc(F)cc4)c4ccc([nH]4)c(-c4cc(C(=O)NCCS(=O)(=O)O)cc(C(=O)NCCS(=O)(=O)O)c4)c4ccc([nH]4)c4ccc2[nH]4)C=C3)c1. The Morgan fingerprint density at radius 1 is 0.397 bits per heavy atom. The molecule has 1 aliphatic rings. The summed E-state index contributed by atoms with van der Waals surface area (Å²) in [4.78, 5) is 69.9. The van der Waals surface area contributed by atoms with Crippen molar-refractivity contribution in [3.63, 3.8) is 0 Å². The Labute approximate surface area is 442 Å². The summed E-state index contributed by atoms with van der Waals surface area (Å²) in [5.41, 5.74) is 3.98. The molecule has 5 heterocycles. The predicted octanol–water partition coefficient (Wildman–Crippen LogP) is 4.31. The number of nitrogens with one attached hydrogen (secondary N) is 7. The molecule has 7 aromatic rings. The van der Waals surface area contributed by atoms with Crippen LogP contribution in [0.5, 0.6) is 0 Å². The molecule has 11 N–H and O–H groups in total. The fraction of sp³-hybridized carbons (Fsp3) is 0.163. The van der Waals surface area contributed by atoms with E-state index in [2.05, 4.69) is 36.2 Å². The van der Waals surface area contributed by atoms with E-state index in [-0.39, 0.29) is 44.6 Å². The molecule has 4 amide bonds. The number of H-pyrrole nitrogens is 3. The normalized spacial score (nSPS) is 12.4. The summed E-state index contributed by atoms with van der Waals surface area (Å²) in [5.74, 6) is -7.40. The van der Waals surface area contributed by atoms with Crippen LogP contribution in [0.3, 0.4) is 0 Å². The van der Waals surface area contributed by atoms with E-state index in [1.165, 1.54) is 54.6 Å². The van der Waals surface area contributed by atoms with Gasteiger partial charge in [0.2, 0.25) is 0 Å². The second-order valence-corrected chi connectivity index (χ2v) is 23.8. The molecule has 4 aromatic heterocycles. The molecular weight excluding hydrogens is 1100 g/mol. The lowest BCUT2D eigenvalue weighted by Crippen LogP contribution is -2.30. The van der Waals surface area contributed by atoms with E-state index in [9.17, 15) is 75.5 Å². The van der Waals surface area contributed by atoms with Crippen molar-refractivity contribution in [2.24, 2.45) is 0 Å². The first kappa shape index (κ1) is 56.1. The molecule has 0 spiro atoms. The van der Waals surface area contributed by atoms with Gasteiger partial charge in [0.1, 0.15) is 5.82 Å². The Balaban J connectivity index is 1.40. The van der Waals surface area contributed by atoms with Crippen molar-refractivity contribution in [2.45, 2.75) is 0 Å². The molecule has 0 fully saturated rings. The molecule has 8 rings (SSSR count). The number of carbonyl (C=O) groups excluding carboxylic acids is 4. The van der Waals surface area contributed by atoms with Crippen LogP contribution in [0.25, 0.3) is 78.6 Å². The van der Waals surface area contributed by atoms with Gasteiger partial charge in [-0.15, -0.1) is 0 Å². The maximum Gasteiger partial charge on any atom is 0.266 e. The Morgan fingerprint density at radius 2 is 0.679 bits per heavy atom. The van der Waals surface area contributed by atoms with Crippen LogP contribution in [0, 0.1) is 5.82 Å². The van der Waals surface area contributed by atoms with Gasteiger partial charge < -0.3 is 36.2 Å². The van der Waals surface area contributed by atoms with E-state index < -0.39 is 119 Å². The van der Waals surface area contributed by atoms with Gasteiger partial charge in [-0.1, -0.05) is 12.1 Å². The molecule has 78 heavy (non-hydrogen) atoms. The smallest absolute Gasteiger partial charge is 0.266 e. The van der Waals surface area contributed by atoms with Crippen molar-refractivity contribution in [3.8, 4) is 33.4 Å². The minimum atomic E-state index is -4.50. The van der Waals surface area contributed by atoms with Gasteiger partial charge in [0.25, 0.3) is 64.1 Å². The first-order valence-corrected chi connectivity index (χ1v) is 29.5. The lowest BCUT2D eigenvalue weighted by molar-refractivity contribution is 0.0940. The maximum atomic E-state index is 14.6. The molecule has 24 nitrogen and oxygen atoms in total. The minimum Gasteiger partial charge on any atom is -0.354 e. The monoisotopic (exact) mass is 1150 g/mol. The van der Waals surface area contributed by atoms with E-state index in [1.54, 1.807) is 48.6 Å². The highest BCUT2D eigenvalue weighted by Crippen LogP contribution is 2.37. The second kappa shape index (κ2) is 22.4. The first-order valence-electron chi connectivity index (χ1n) is 23.0. The molecule has 0 saturated heterocycles. The van der Waals surface area contributed by atoms with Crippen LogP contribution in [-0.4, -0.2) is 145 Å². The molecule has 3 aromatic carbocycles. The van der Waals surface area contributed by atoms with Crippen molar-refractivity contribution < 1.29 is 75.5 Å². The van der Waals surface area contributed by atoms with Crippen molar-refractivity contribution in [1.29, 1.82) is 0 Å². The van der Waals surface area contributed by atoms with Gasteiger partial charge in [-0.3, -0.25) is 37.4 Å². The van der Waals surface area contributed by atoms with Gasteiger partial charge >= 0.3 is 0 Å². The van der Waals surface area contributed by atoms with E-state index in [0.717, 1.165) is 6.07 Å². The standard InChI is InChI=1S/C49H45FN8O16S4/c50-34-3-1-27(2-4-34)43-37-9-11-41(57-37)44(28-21-30(46(59)51-13-17-75(63,64)65)25-31(22-28)47(60)52-14-18-76(66,67)68)39-7-5-35(55-39)36-6-8-40(56-36)45(42-12-10-38(43)58-42)29-23-32(48(61)53-15-19-77(69,70)71)26-33(24-29)49(62)54-16-20-78(72,73)74/h1-12,21-26,55-57H,13-20H2,(H,51,59)(H,52,60)(H,53,61)(H,54,62)(H,63,64,65)(H,66,67,68)(H,69,70,71)(H,72,73,74). The largest absolute Gasteiger partial charge is 0.354 e. The van der Waals surface area contributed by atoms with Crippen LogP contribution in [-0.2, 0) is 40.5 Å². The number of halogens is 1. The Hall–Kier alpha value is -8.16. The highest BCUT2D eigenvalue weighted by atomic mass is 32.2. The van der Waals surface area contributed by atoms with Crippen molar-refractivity contribution in [1.82, 2.24) is 41.2 Å². The van der Waals surface area contributed by atoms with Crippen LogP contribution in [0.15, 0.2) is 97.1 Å². The zero-order valence-corrected chi connectivity index (χ0v) is 43.5. The highest BCUT2D eigenvalue weighted by molar-refractivity contribution is 7.86. The summed E-state index contributed by atoms with van der Waals surface area (Å²) in [5, 5.41) is 9.56. The second-order valence-electron chi connectivity index (χ2n) is 17.5. The molecule has 8 bridgehead atoms. The molecule has 0 saturated carbocycles. The number of aromatic amines is 3. The number of hydrogen-bond donors (Lipinski definition) is 11. The third-order valence-corrected chi connectivity index (χ3v) is 14.7. The zero-order valence-electron chi connectivity index (χ0n) is 40.2. The Kier molecular flexibility index (Phi) is 16.1. The lowest BCUT2D eigenvalue weighted by atomic mass is 9.97. The van der Waals surface area contributed by atoms with Crippen LogP contribution >= 0.6 is 0 Å². The van der Waals surface area contributed by atoms with Crippen molar-refractivity contribution in [2.75, 3.05) is 49.2 Å². The van der Waals surface area contributed by atoms with Gasteiger partial charge in [0.15, 0.2) is 0 Å². The topological polar surface area (TPSA) is 394 Å². The van der Waals surface area contributed by atoms with E-state index in [4.69, 9.17) is 4.98 Å². The quantitative estimate of drug-likeness (QED) is 0.0503. The summed E-state index contributed by atoms with van der Waals surface area (Å²) in [6, 6.07) is 23.5. The Morgan fingerprint density at radius 3 is 1.01 bits per heavy atom. The predicted molar refractivity (Wildman–Crippen MR) is 286 cm³/mol. The van der Waals surface area contributed by atoms with Crippen LogP contribution in [0.4, 0.5) is 4.39 Å². The number of carbonyl (C=O) groups is 4. The van der Waals surface area contributed by atoms with Gasteiger partial charge in [0, 0.05) is 87.2 Å². The van der Waals surface area contributed by atoms with Crippen LogP contribution in [0.1, 0.15) is 52.8 Å². The number of amides is 4. The van der Waals surface area contributed by atoms with E-state index in [1.807, 2.05) is 0 Å². The van der Waals surface area contributed by atoms with Gasteiger partial charge in [-0.05, 0) is 114 Å². The molecule has 29 heteroatoms. The minimum absolute atomic E-state index is 0.174. The average Bonchev–Trinajstić information content (AvgIpc) is 4.38. The lowest BCUT2D eigenvalue weighted by Gasteiger charge is -2.12. The molecule has 0 unspecified atom stereocenters. The average molecular weight is 1150 g/mol. The first-order chi connectivity index (χ1) is 36.7. The summed E-state index contributed by atoms with van der Waals surface area (Å²) >= 11 is 0. The Bertz CT molecular complexity index is 4080. The maximum absolute atomic E-state index is 14.6. The molecule has 408 valence electrons. The fourth-order valence-electron chi connectivity index (χ4n) is 8.33. The van der Waals surface area contributed by atoms with E-state index >= 15 is 0 Å². The summed E-state index contributed by atoms with van der Waals surface area (Å²) in [7, 11) is -18.0. The molecule has 1 aliphatic heterocycles. The molecule has 0 radical (unpaired) electrons. The molecular formula is C49H45FN8O16S4. The van der Waals surface area contributed by atoms with Crippen molar-refractivity contribution in [3.05, 3.63) is 137 Å². The number of nitrogens with zero attached hydrogens (tertiary/aromatic N) is 1. The molecule has 0 atom stereocenters. The van der Waals surface area contributed by atoms with Crippen LogP contribution < -0.4 is 21.3 Å². The third kappa shape index (κ3) is 14.2. The van der Waals surface area contributed by atoms with Crippen LogP contribution in [0.2, 0.25) is 0 Å². The number of aromatic nitrogens is 4. The van der Waals surface area contributed by atoms with E-state index in [0.29, 0.717) is 55.5 Å². The number of fused-ring (bicyclic) bond motifs is 9. The summed E-state index contributed by atoms with van der Waals surface area (Å²) in [6.07, 6.45) is 3.28. The van der Waals surface area contributed by atoms with Gasteiger partial charge in [-0.25, -0.2) is 9.37 Å². The zero-order chi connectivity index (χ0) is 56.3. The van der Waals surface area contributed by atoms with Gasteiger partial charge in [0.05, 0.1) is 45.4 Å².